The first-order valence-electron chi connectivity index (χ1n) is 5.63. The van der Waals surface area contributed by atoms with Crippen molar-refractivity contribution in [3.63, 3.8) is 0 Å². The summed E-state index contributed by atoms with van der Waals surface area (Å²) in [6.07, 6.45) is 0. The van der Waals surface area contributed by atoms with Gasteiger partial charge in [-0.15, -0.1) is 0 Å². The van der Waals surface area contributed by atoms with E-state index in [4.69, 9.17) is 10.5 Å². The number of benzene rings is 2. The van der Waals surface area contributed by atoms with E-state index < -0.39 is 17.6 Å². The van der Waals surface area contributed by atoms with Gasteiger partial charge in [0.15, 0.2) is 0 Å². The van der Waals surface area contributed by atoms with Crippen molar-refractivity contribution in [3.8, 4) is 0 Å². The Morgan fingerprint density at radius 2 is 1.95 bits per heavy atom. The zero-order chi connectivity index (χ0) is 14.7. The summed E-state index contributed by atoms with van der Waals surface area (Å²) < 4.78 is 31.7. The van der Waals surface area contributed by atoms with Gasteiger partial charge < -0.3 is 10.5 Å². The highest BCUT2D eigenvalue weighted by atomic mass is 79.9. The van der Waals surface area contributed by atoms with E-state index in [-0.39, 0.29) is 17.9 Å². The average molecular weight is 342 g/mol. The van der Waals surface area contributed by atoms with Crippen LogP contribution in [0.25, 0.3) is 0 Å². The number of carbonyl (C=O) groups excluding carboxylic acids is 1. The van der Waals surface area contributed by atoms with Crippen LogP contribution in [0, 0.1) is 11.6 Å². The van der Waals surface area contributed by atoms with E-state index in [0.29, 0.717) is 10.0 Å². The van der Waals surface area contributed by atoms with Gasteiger partial charge in [0.1, 0.15) is 18.2 Å². The van der Waals surface area contributed by atoms with Crippen LogP contribution in [0.4, 0.5) is 14.5 Å². The minimum atomic E-state index is -0.680. The Labute approximate surface area is 122 Å². The van der Waals surface area contributed by atoms with Crippen LogP contribution in [-0.2, 0) is 11.3 Å². The molecule has 0 spiro atoms. The Bertz CT molecular complexity index is 662. The monoisotopic (exact) mass is 341 g/mol. The molecule has 0 radical (unpaired) electrons. The zero-order valence-electron chi connectivity index (χ0n) is 10.2. The molecule has 0 bridgehead atoms. The molecule has 0 saturated carbocycles. The molecule has 0 unspecified atom stereocenters. The smallest absolute Gasteiger partial charge is 0.338 e. The van der Waals surface area contributed by atoms with Crippen LogP contribution in [-0.4, -0.2) is 5.97 Å². The van der Waals surface area contributed by atoms with Crippen molar-refractivity contribution in [2.24, 2.45) is 0 Å². The molecule has 2 N–H and O–H groups in total. The number of esters is 1. The topological polar surface area (TPSA) is 52.3 Å². The van der Waals surface area contributed by atoms with Crippen molar-refractivity contribution in [2.75, 3.05) is 5.73 Å². The average Bonchev–Trinajstić information content (AvgIpc) is 2.40. The van der Waals surface area contributed by atoms with Gasteiger partial charge in [-0.3, -0.25) is 0 Å². The second-order valence-corrected chi connectivity index (χ2v) is 4.90. The number of rotatable bonds is 3. The Kier molecular flexibility index (Phi) is 4.34. The van der Waals surface area contributed by atoms with Gasteiger partial charge >= 0.3 is 5.97 Å². The molecule has 2 rings (SSSR count). The fourth-order valence-electron chi connectivity index (χ4n) is 1.52. The zero-order valence-corrected chi connectivity index (χ0v) is 11.8. The molecule has 20 heavy (non-hydrogen) atoms. The summed E-state index contributed by atoms with van der Waals surface area (Å²) in [5.41, 5.74) is 5.95. The normalized spacial score (nSPS) is 10.3. The van der Waals surface area contributed by atoms with Gasteiger partial charge in [0.2, 0.25) is 0 Å². The number of anilines is 1. The fraction of sp³-hybridized carbons (Fsp3) is 0.0714. The third-order valence-electron chi connectivity index (χ3n) is 2.61. The van der Waals surface area contributed by atoms with Crippen molar-refractivity contribution in [1.29, 1.82) is 0 Å². The van der Waals surface area contributed by atoms with Crippen LogP contribution in [0.15, 0.2) is 40.9 Å². The SMILES string of the molecule is Nc1ccc(C(=O)OCc2ccc(F)cc2Br)cc1F. The highest BCUT2D eigenvalue weighted by Gasteiger charge is 2.11. The maximum absolute atomic E-state index is 13.2. The lowest BCUT2D eigenvalue weighted by Gasteiger charge is -2.07. The predicted molar refractivity (Wildman–Crippen MR) is 74.0 cm³/mol. The van der Waals surface area contributed by atoms with Gasteiger partial charge in [-0.05, 0) is 30.3 Å². The molecule has 6 heteroatoms. The summed E-state index contributed by atoms with van der Waals surface area (Å²) in [5.74, 6) is -1.75. The second kappa shape index (κ2) is 6.00. The molecule has 2 aromatic carbocycles. The number of nitrogen functional groups attached to an aromatic ring is 1. The van der Waals surface area contributed by atoms with E-state index in [9.17, 15) is 13.6 Å². The lowest BCUT2D eigenvalue weighted by molar-refractivity contribution is 0.0471. The molecule has 0 saturated heterocycles. The molecule has 0 fully saturated rings. The molecule has 3 nitrogen and oxygen atoms in total. The molecule has 0 amide bonds. The summed E-state index contributed by atoms with van der Waals surface area (Å²) in [6, 6.07) is 7.71. The highest BCUT2D eigenvalue weighted by molar-refractivity contribution is 9.10. The molecular weight excluding hydrogens is 332 g/mol. The Morgan fingerprint density at radius 3 is 2.60 bits per heavy atom. The first-order chi connectivity index (χ1) is 9.47. The summed E-state index contributed by atoms with van der Waals surface area (Å²) in [4.78, 5) is 11.7. The largest absolute Gasteiger partial charge is 0.457 e. The van der Waals surface area contributed by atoms with Crippen molar-refractivity contribution >= 4 is 27.6 Å². The summed E-state index contributed by atoms with van der Waals surface area (Å²) in [5, 5.41) is 0. The molecule has 2 aromatic rings. The van der Waals surface area contributed by atoms with Crippen molar-refractivity contribution in [2.45, 2.75) is 6.61 Å². The van der Waals surface area contributed by atoms with E-state index in [1.54, 1.807) is 0 Å². The molecule has 0 aromatic heterocycles. The molecule has 104 valence electrons. The minimum Gasteiger partial charge on any atom is -0.457 e. The molecular formula is C14H10BrF2NO2. The number of ether oxygens (including phenoxy) is 1. The fourth-order valence-corrected chi connectivity index (χ4v) is 1.98. The number of halogens is 3. The van der Waals surface area contributed by atoms with Gasteiger partial charge in [-0.1, -0.05) is 22.0 Å². The third-order valence-corrected chi connectivity index (χ3v) is 3.35. The van der Waals surface area contributed by atoms with Crippen LogP contribution >= 0.6 is 15.9 Å². The molecule has 0 heterocycles. The summed E-state index contributed by atoms with van der Waals surface area (Å²) in [7, 11) is 0. The number of hydrogen-bond donors (Lipinski definition) is 1. The first-order valence-corrected chi connectivity index (χ1v) is 6.43. The van der Waals surface area contributed by atoms with Crippen LogP contribution < -0.4 is 5.73 Å². The van der Waals surface area contributed by atoms with Crippen LogP contribution in [0.5, 0.6) is 0 Å². The Balaban J connectivity index is 2.06. The summed E-state index contributed by atoms with van der Waals surface area (Å²) in [6.45, 7) is -0.0499. The van der Waals surface area contributed by atoms with Gasteiger partial charge in [-0.25, -0.2) is 13.6 Å². The molecule has 0 atom stereocenters. The van der Waals surface area contributed by atoms with Crippen molar-refractivity contribution in [3.05, 3.63) is 63.6 Å². The van der Waals surface area contributed by atoms with E-state index in [1.807, 2.05) is 0 Å². The second-order valence-electron chi connectivity index (χ2n) is 4.05. The van der Waals surface area contributed by atoms with Crippen LogP contribution in [0.3, 0.4) is 0 Å². The maximum atomic E-state index is 13.2. The van der Waals surface area contributed by atoms with Crippen molar-refractivity contribution in [1.82, 2.24) is 0 Å². The lowest BCUT2D eigenvalue weighted by Crippen LogP contribution is -2.06. The number of hydrogen-bond acceptors (Lipinski definition) is 3. The Hall–Kier alpha value is -1.95. The number of nitrogens with two attached hydrogens (primary N) is 1. The van der Waals surface area contributed by atoms with E-state index >= 15 is 0 Å². The minimum absolute atomic E-state index is 0.0390. The van der Waals surface area contributed by atoms with Gasteiger partial charge in [-0.2, -0.15) is 0 Å². The third kappa shape index (κ3) is 3.33. The van der Waals surface area contributed by atoms with E-state index in [0.717, 1.165) is 6.07 Å². The van der Waals surface area contributed by atoms with Gasteiger partial charge in [0.05, 0.1) is 11.3 Å². The highest BCUT2D eigenvalue weighted by Crippen LogP contribution is 2.20. The standard InChI is InChI=1S/C14H10BrF2NO2/c15-11-6-10(16)3-1-9(11)7-20-14(19)8-2-4-13(18)12(17)5-8/h1-6H,7,18H2. The maximum Gasteiger partial charge on any atom is 0.338 e. The van der Waals surface area contributed by atoms with E-state index in [2.05, 4.69) is 15.9 Å². The number of carbonyl (C=O) groups is 1. The first kappa shape index (κ1) is 14.5. The van der Waals surface area contributed by atoms with Gasteiger partial charge in [0, 0.05) is 10.0 Å². The quantitative estimate of drug-likeness (QED) is 0.684. The van der Waals surface area contributed by atoms with Crippen molar-refractivity contribution < 1.29 is 18.3 Å². The van der Waals surface area contributed by atoms with Crippen LogP contribution in [0.1, 0.15) is 15.9 Å². The molecule has 0 aliphatic heterocycles. The molecule has 0 aliphatic carbocycles. The summed E-state index contributed by atoms with van der Waals surface area (Å²) >= 11 is 3.17. The molecule has 0 aliphatic rings. The lowest BCUT2D eigenvalue weighted by atomic mass is 10.2. The van der Waals surface area contributed by atoms with Gasteiger partial charge in [0.25, 0.3) is 0 Å². The Morgan fingerprint density at radius 1 is 1.20 bits per heavy atom. The van der Waals surface area contributed by atoms with Crippen LogP contribution in [0.2, 0.25) is 0 Å². The van der Waals surface area contributed by atoms with E-state index in [1.165, 1.54) is 30.3 Å². The predicted octanol–water partition coefficient (Wildman–Crippen LogP) is 3.67.